The number of hydrogen-bond donors (Lipinski definition) is 1. The highest BCUT2D eigenvalue weighted by Crippen LogP contribution is 2.18. The maximum Gasteiger partial charge on any atom is 0.262 e. The second-order valence-corrected chi connectivity index (χ2v) is 6.42. The molecule has 130 valence electrons. The molecule has 0 aliphatic heterocycles. The van der Waals surface area contributed by atoms with Gasteiger partial charge in [-0.25, -0.2) is 0 Å². The Morgan fingerprint density at radius 3 is 2.73 bits per heavy atom. The lowest BCUT2D eigenvalue weighted by atomic mass is 10.1. The molecule has 0 atom stereocenters. The van der Waals surface area contributed by atoms with E-state index < -0.39 is 0 Å². The molecule has 26 heavy (non-hydrogen) atoms. The van der Waals surface area contributed by atoms with Crippen LogP contribution >= 0.6 is 15.9 Å². The van der Waals surface area contributed by atoms with Gasteiger partial charge in [0.05, 0.1) is 5.69 Å². The van der Waals surface area contributed by atoms with Crippen LogP contribution in [0.1, 0.15) is 11.3 Å². The first-order valence-corrected chi connectivity index (χ1v) is 8.86. The summed E-state index contributed by atoms with van der Waals surface area (Å²) in [6.07, 6.45) is 5.63. The molecule has 0 spiro atoms. The van der Waals surface area contributed by atoms with E-state index in [1.165, 1.54) is 0 Å². The predicted octanol–water partition coefficient (Wildman–Crippen LogP) is 5.03. The quantitative estimate of drug-likeness (QED) is 0.621. The maximum absolute atomic E-state index is 12.1. The molecule has 0 saturated carbocycles. The van der Waals surface area contributed by atoms with Gasteiger partial charge in [0.15, 0.2) is 6.61 Å². The van der Waals surface area contributed by atoms with Crippen LogP contribution in [-0.2, 0) is 4.79 Å². The number of nitrogens with one attached hydrogen (secondary N) is 1. The molecule has 0 aliphatic carbocycles. The molecule has 0 saturated heterocycles. The van der Waals surface area contributed by atoms with Crippen LogP contribution in [0, 0.1) is 0 Å². The first-order valence-electron chi connectivity index (χ1n) is 8.06. The van der Waals surface area contributed by atoms with Crippen LogP contribution < -0.4 is 10.1 Å². The molecule has 1 N–H and O–H groups in total. The topological polar surface area (TPSA) is 51.2 Å². The zero-order chi connectivity index (χ0) is 18.2. The number of carbonyl (C=O) groups is 1. The fourth-order valence-electron chi connectivity index (χ4n) is 2.28. The van der Waals surface area contributed by atoms with Gasteiger partial charge in [0.2, 0.25) is 0 Å². The Kier molecular flexibility index (Phi) is 6.17. The number of pyridine rings is 1. The molecule has 0 bridgehead atoms. The Morgan fingerprint density at radius 2 is 1.92 bits per heavy atom. The van der Waals surface area contributed by atoms with Crippen molar-refractivity contribution in [3.05, 3.63) is 88.7 Å². The molecule has 1 amide bonds. The third-order valence-corrected chi connectivity index (χ3v) is 3.96. The fourth-order valence-corrected chi connectivity index (χ4v) is 2.66. The van der Waals surface area contributed by atoms with Crippen molar-refractivity contribution in [2.45, 2.75) is 0 Å². The molecule has 1 aromatic heterocycles. The number of hydrogen-bond acceptors (Lipinski definition) is 3. The summed E-state index contributed by atoms with van der Waals surface area (Å²) < 4.78 is 6.40. The van der Waals surface area contributed by atoms with Crippen LogP contribution in [0.4, 0.5) is 5.69 Å². The van der Waals surface area contributed by atoms with Gasteiger partial charge < -0.3 is 10.1 Å². The molecule has 0 unspecified atom stereocenters. The van der Waals surface area contributed by atoms with Gasteiger partial charge in [-0.2, -0.15) is 0 Å². The first-order chi connectivity index (χ1) is 12.7. The zero-order valence-corrected chi connectivity index (χ0v) is 15.5. The number of amides is 1. The zero-order valence-electron chi connectivity index (χ0n) is 13.9. The molecule has 3 aromatic rings. The molecular formula is C21H17BrN2O2. The highest BCUT2D eigenvalue weighted by molar-refractivity contribution is 9.10. The van der Waals surface area contributed by atoms with Crippen LogP contribution in [0.2, 0.25) is 0 Å². The Hall–Kier alpha value is -2.92. The molecule has 2 aromatic carbocycles. The van der Waals surface area contributed by atoms with E-state index in [2.05, 4.69) is 26.2 Å². The highest BCUT2D eigenvalue weighted by Gasteiger charge is 2.04. The van der Waals surface area contributed by atoms with E-state index in [-0.39, 0.29) is 12.5 Å². The van der Waals surface area contributed by atoms with Crippen molar-refractivity contribution >= 4 is 39.7 Å². The van der Waals surface area contributed by atoms with E-state index >= 15 is 0 Å². The van der Waals surface area contributed by atoms with Crippen molar-refractivity contribution in [3.8, 4) is 5.75 Å². The first kappa shape index (κ1) is 17.9. The summed E-state index contributed by atoms with van der Waals surface area (Å²) in [4.78, 5) is 16.3. The monoisotopic (exact) mass is 408 g/mol. The van der Waals surface area contributed by atoms with E-state index in [0.29, 0.717) is 5.75 Å². The Balaban J connectivity index is 1.57. The van der Waals surface area contributed by atoms with Crippen LogP contribution in [0.25, 0.3) is 12.2 Å². The van der Waals surface area contributed by atoms with Gasteiger partial charge in [-0.05, 0) is 54.1 Å². The summed E-state index contributed by atoms with van der Waals surface area (Å²) in [5.41, 5.74) is 2.57. The van der Waals surface area contributed by atoms with Gasteiger partial charge in [-0.1, -0.05) is 46.3 Å². The lowest BCUT2D eigenvalue weighted by Crippen LogP contribution is -2.20. The number of carbonyl (C=O) groups excluding carboxylic acids is 1. The lowest BCUT2D eigenvalue weighted by molar-refractivity contribution is -0.118. The summed E-state index contributed by atoms with van der Waals surface area (Å²) >= 11 is 3.37. The maximum atomic E-state index is 12.1. The average Bonchev–Trinajstić information content (AvgIpc) is 2.66. The minimum atomic E-state index is -0.212. The van der Waals surface area contributed by atoms with Gasteiger partial charge in [-0.15, -0.1) is 0 Å². The Morgan fingerprint density at radius 1 is 1.04 bits per heavy atom. The third kappa shape index (κ3) is 5.57. The molecular weight excluding hydrogens is 392 g/mol. The SMILES string of the molecule is O=C(COc1cccc(Br)c1)Nc1cccc(/C=C/c2ccccn2)c1. The molecule has 0 radical (unpaired) electrons. The average molecular weight is 409 g/mol. The Labute approximate surface area is 160 Å². The third-order valence-electron chi connectivity index (χ3n) is 3.47. The smallest absolute Gasteiger partial charge is 0.262 e. The number of ether oxygens (including phenoxy) is 1. The fraction of sp³-hybridized carbons (Fsp3) is 0.0476. The van der Waals surface area contributed by atoms with Crippen molar-refractivity contribution in [2.24, 2.45) is 0 Å². The van der Waals surface area contributed by atoms with Crippen LogP contribution in [0.3, 0.4) is 0 Å². The van der Waals surface area contributed by atoms with Crippen LogP contribution in [0.15, 0.2) is 77.4 Å². The summed E-state index contributed by atoms with van der Waals surface area (Å²) in [7, 11) is 0. The summed E-state index contributed by atoms with van der Waals surface area (Å²) in [5, 5.41) is 2.84. The van der Waals surface area contributed by atoms with Gasteiger partial charge in [-0.3, -0.25) is 9.78 Å². The van der Waals surface area contributed by atoms with E-state index in [1.54, 1.807) is 12.3 Å². The van der Waals surface area contributed by atoms with E-state index in [4.69, 9.17) is 4.74 Å². The lowest BCUT2D eigenvalue weighted by Gasteiger charge is -2.08. The van der Waals surface area contributed by atoms with Gasteiger partial charge >= 0.3 is 0 Å². The van der Waals surface area contributed by atoms with Crippen molar-refractivity contribution in [1.29, 1.82) is 0 Å². The predicted molar refractivity (Wildman–Crippen MR) is 108 cm³/mol. The molecule has 1 heterocycles. The molecule has 5 heteroatoms. The van der Waals surface area contributed by atoms with Crippen LogP contribution in [0.5, 0.6) is 5.75 Å². The number of nitrogens with zero attached hydrogens (tertiary/aromatic N) is 1. The number of rotatable bonds is 6. The molecule has 0 aliphatic rings. The second kappa shape index (κ2) is 8.97. The normalized spacial score (nSPS) is 10.7. The molecule has 0 fully saturated rings. The van der Waals surface area contributed by atoms with E-state index in [9.17, 15) is 4.79 Å². The van der Waals surface area contributed by atoms with Gasteiger partial charge in [0.25, 0.3) is 5.91 Å². The summed E-state index contributed by atoms with van der Waals surface area (Å²) in [6.45, 7) is -0.0511. The Bertz CT molecular complexity index is 911. The molecule has 3 rings (SSSR count). The van der Waals surface area contributed by atoms with Crippen molar-refractivity contribution in [2.75, 3.05) is 11.9 Å². The van der Waals surface area contributed by atoms with Crippen molar-refractivity contribution in [3.63, 3.8) is 0 Å². The minimum Gasteiger partial charge on any atom is -0.484 e. The van der Waals surface area contributed by atoms with Gasteiger partial charge in [0.1, 0.15) is 5.75 Å². The highest BCUT2D eigenvalue weighted by atomic mass is 79.9. The van der Waals surface area contributed by atoms with Crippen molar-refractivity contribution in [1.82, 2.24) is 4.98 Å². The standard InChI is InChI=1S/C21H17BrN2O2/c22-17-6-4-9-20(14-17)26-15-21(25)24-19-8-3-5-16(13-19)10-11-18-7-1-2-12-23-18/h1-14H,15H2,(H,24,25)/b11-10+. The molecule has 4 nitrogen and oxygen atoms in total. The summed E-state index contributed by atoms with van der Waals surface area (Å²) in [6, 6.07) is 20.7. The largest absolute Gasteiger partial charge is 0.484 e. The number of aromatic nitrogens is 1. The second-order valence-electron chi connectivity index (χ2n) is 5.51. The number of halogens is 1. The summed E-state index contributed by atoms with van der Waals surface area (Å²) in [5.74, 6) is 0.428. The minimum absolute atomic E-state index is 0.0511. The van der Waals surface area contributed by atoms with Crippen molar-refractivity contribution < 1.29 is 9.53 Å². The number of benzene rings is 2. The van der Waals surface area contributed by atoms with Gasteiger partial charge in [0, 0.05) is 16.4 Å². The van der Waals surface area contributed by atoms with E-state index in [1.807, 2.05) is 72.8 Å². The van der Waals surface area contributed by atoms with Crippen LogP contribution in [-0.4, -0.2) is 17.5 Å². The van der Waals surface area contributed by atoms with E-state index in [0.717, 1.165) is 21.4 Å². The number of anilines is 1.